The first kappa shape index (κ1) is 11.2. The van der Waals surface area contributed by atoms with E-state index < -0.39 is 12.1 Å². The number of hydrogen-bond acceptors (Lipinski definition) is 4. The predicted octanol–water partition coefficient (Wildman–Crippen LogP) is 1.44. The highest BCUT2D eigenvalue weighted by atomic mass is 16.6. The summed E-state index contributed by atoms with van der Waals surface area (Å²) in [6, 6.07) is 10.8. The van der Waals surface area contributed by atoms with E-state index in [-0.39, 0.29) is 6.61 Å². The van der Waals surface area contributed by atoms with Crippen molar-refractivity contribution in [3.05, 3.63) is 35.9 Å². The molecular formula is C11H11NO3. The lowest BCUT2D eigenvalue weighted by Crippen LogP contribution is -2.14. The van der Waals surface area contributed by atoms with Crippen LogP contribution in [0.15, 0.2) is 30.3 Å². The van der Waals surface area contributed by atoms with Crippen LogP contribution in [0, 0.1) is 11.3 Å². The van der Waals surface area contributed by atoms with Crippen molar-refractivity contribution in [2.24, 2.45) is 0 Å². The second kappa shape index (κ2) is 5.78. The van der Waals surface area contributed by atoms with Gasteiger partial charge in [0.05, 0.1) is 0 Å². The topological polar surface area (TPSA) is 59.3 Å². The number of carbonyl (C=O) groups excluding carboxylic acids is 1. The van der Waals surface area contributed by atoms with E-state index in [0.29, 0.717) is 5.56 Å². The Hall–Kier alpha value is -1.86. The Bertz CT molecular complexity index is 356. The molecule has 0 aromatic heterocycles. The molecule has 1 rings (SSSR count). The summed E-state index contributed by atoms with van der Waals surface area (Å²) >= 11 is 0. The average molecular weight is 205 g/mol. The standard InChI is InChI=1S/C11H11NO3/c1-14-8-11(13)15-10(7-12)9-5-3-2-4-6-9/h2-6,10H,8H2,1H3/t10-/m1/s1. The molecule has 0 heterocycles. The molecule has 0 saturated heterocycles. The van der Waals surface area contributed by atoms with Crippen LogP contribution in [0.4, 0.5) is 0 Å². The van der Waals surface area contributed by atoms with Gasteiger partial charge in [-0.05, 0) is 0 Å². The van der Waals surface area contributed by atoms with Crippen LogP contribution in [0.5, 0.6) is 0 Å². The Morgan fingerprint density at radius 3 is 2.67 bits per heavy atom. The Kier molecular flexibility index (Phi) is 4.32. The molecule has 0 aliphatic rings. The molecule has 0 fully saturated rings. The van der Waals surface area contributed by atoms with Crippen molar-refractivity contribution in [1.29, 1.82) is 5.26 Å². The van der Waals surface area contributed by atoms with Gasteiger partial charge in [0.25, 0.3) is 0 Å². The Morgan fingerprint density at radius 2 is 2.13 bits per heavy atom. The first-order valence-corrected chi connectivity index (χ1v) is 4.41. The van der Waals surface area contributed by atoms with Gasteiger partial charge in [0.1, 0.15) is 12.7 Å². The van der Waals surface area contributed by atoms with E-state index >= 15 is 0 Å². The third-order valence-corrected chi connectivity index (χ3v) is 1.73. The molecular weight excluding hydrogens is 194 g/mol. The smallest absolute Gasteiger partial charge is 0.333 e. The zero-order valence-electron chi connectivity index (χ0n) is 8.34. The summed E-state index contributed by atoms with van der Waals surface area (Å²) < 4.78 is 9.50. The van der Waals surface area contributed by atoms with Crippen LogP contribution in [0.2, 0.25) is 0 Å². The normalized spacial score (nSPS) is 11.5. The van der Waals surface area contributed by atoms with Crippen LogP contribution >= 0.6 is 0 Å². The number of rotatable bonds is 4. The van der Waals surface area contributed by atoms with Gasteiger partial charge in [-0.1, -0.05) is 30.3 Å². The number of nitriles is 1. The molecule has 0 amide bonds. The summed E-state index contributed by atoms with van der Waals surface area (Å²) in [6.45, 7) is -0.148. The van der Waals surface area contributed by atoms with Crippen molar-refractivity contribution in [2.45, 2.75) is 6.10 Å². The molecule has 4 heteroatoms. The highest BCUT2D eigenvalue weighted by molar-refractivity contribution is 5.71. The van der Waals surface area contributed by atoms with Gasteiger partial charge in [0, 0.05) is 12.7 Å². The SMILES string of the molecule is COCC(=O)O[C@H](C#N)c1ccccc1. The van der Waals surface area contributed by atoms with E-state index in [9.17, 15) is 4.79 Å². The molecule has 0 spiro atoms. The number of esters is 1. The van der Waals surface area contributed by atoms with E-state index in [1.807, 2.05) is 12.1 Å². The highest BCUT2D eigenvalue weighted by Gasteiger charge is 2.14. The van der Waals surface area contributed by atoms with Crippen LogP contribution in [0.1, 0.15) is 11.7 Å². The number of methoxy groups -OCH3 is 1. The second-order valence-corrected chi connectivity index (χ2v) is 2.84. The molecule has 1 aromatic carbocycles. The largest absolute Gasteiger partial charge is 0.440 e. The number of benzene rings is 1. The van der Waals surface area contributed by atoms with Gasteiger partial charge in [0.2, 0.25) is 6.10 Å². The van der Waals surface area contributed by atoms with Crippen LogP contribution in [-0.4, -0.2) is 19.7 Å². The first-order valence-electron chi connectivity index (χ1n) is 4.41. The van der Waals surface area contributed by atoms with Crippen LogP contribution in [-0.2, 0) is 14.3 Å². The minimum absolute atomic E-state index is 0.148. The fraction of sp³-hybridized carbons (Fsp3) is 0.273. The van der Waals surface area contributed by atoms with Crippen molar-refractivity contribution in [3.8, 4) is 6.07 Å². The Labute approximate surface area is 88.0 Å². The minimum atomic E-state index is -0.867. The van der Waals surface area contributed by atoms with E-state index in [1.165, 1.54) is 7.11 Å². The maximum Gasteiger partial charge on any atom is 0.333 e. The summed E-state index contributed by atoms with van der Waals surface area (Å²) in [7, 11) is 1.39. The van der Waals surface area contributed by atoms with Gasteiger partial charge >= 0.3 is 5.97 Å². The molecule has 1 atom stereocenters. The van der Waals surface area contributed by atoms with Crippen molar-refractivity contribution in [1.82, 2.24) is 0 Å². The molecule has 0 aliphatic carbocycles. The summed E-state index contributed by atoms with van der Waals surface area (Å²) in [4.78, 5) is 11.1. The van der Waals surface area contributed by atoms with E-state index in [4.69, 9.17) is 10.00 Å². The van der Waals surface area contributed by atoms with Crippen LogP contribution < -0.4 is 0 Å². The molecule has 0 saturated carbocycles. The monoisotopic (exact) mass is 205 g/mol. The fourth-order valence-corrected chi connectivity index (χ4v) is 1.08. The highest BCUT2D eigenvalue weighted by Crippen LogP contribution is 2.15. The summed E-state index contributed by atoms with van der Waals surface area (Å²) in [5.41, 5.74) is 0.657. The number of nitrogens with zero attached hydrogens (tertiary/aromatic N) is 1. The molecule has 0 radical (unpaired) electrons. The molecule has 78 valence electrons. The van der Waals surface area contributed by atoms with Gasteiger partial charge in [-0.15, -0.1) is 0 Å². The molecule has 0 unspecified atom stereocenters. The van der Waals surface area contributed by atoms with E-state index in [1.54, 1.807) is 24.3 Å². The van der Waals surface area contributed by atoms with Gasteiger partial charge in [-0.25, -0.2) is 4.79 Å². The average Bonchev–Trinajstić information content (AvgIpc) is 2.27. The van der Waals surface area contributed by atoms with Crippen molar-refractivity contribution >= 4 is 5.97 Å². The number of hydrogen-bond donors (Lipinski definition) is 0. The Morgan fingerprint density at radius 1 is 1.47 bits per heavy atom. The second-order valence-electron chi connectivity index (χ2n) is 2.84. The lowest BCUT2D eigenvalue weighted by atomic mass is 10.1. The van der Waals surface area contributed by atoms with Gasteiger partial charge < -0.3 is 9.47 Å². The zero-order valence-corrected chi connectivity index (χ0v) is 8.34. The zero-order chi connectivity index (χ0) is 11.1. The third-order valence-electron chi connectivity index (χ3n) is 1.73. The number of carbonyl (C=O) groups is 1. The summed E-state index contributed by atoms with van der Waals surface area (Å²) in [5, 5.41) is 8.83. The van der Waals surface area contributed by atoms with Crippen molar-refractivity contribution < 1.29 is 14.3 Å². The molecule has 0 bridgehead atoms. The summed E-state index contributed by atoms with van der Waals surface area (Å²) in [5.74, 6) is -0.548. The van der Waals surface area contributed by atoms with Gasteiger partial charge in [-0.3, -0.25) is 0 Å². The van der Waals surface area contributed by atoms with Gasteiger partial charge in [0.15, 0.2) is 0 Å². The quantitative estimate of drug-likeness (QED) is 0.698. The maximum atomic E-state index is 11.1. The van der Waals surface area contributed by atoms with Crippen molar-refractivity contribution in [2.75, 3.05) is 13.7 Å². The van der Waals surface area contributed by atoms with Crippen molar-refractivity contribution in [3.63, 3.8) is 0 Å². The van der Waals surface area contributed by atoms with E-state index in [2.05, 4.69) is 4.74 Å². The predicted molar refractivity (Wildman–Crippen MR) is 52.8 cm³/mol. The molecule has 1 aromatic rings. The fourth-order valence-electron chi connectivity index (χ4n) is 1.08. The molecule has 0 aliphatic heterocycles. The van der Waals surface area contributed by atoms with Gasteiger partial charge in [-0.2, -0.15) is 5.26 Å². The lowest BCUT2D eigenvalue weighted by molar-refractivity contribution is -0.151. The van der Waals surface area contributed by atoms with Crippen LogP contribution in [0.3, 0.4) is 0 Å². The Balaban J connectivity index is 2.66. The minimum Gasteiger partial charge on any atom is -0.440 e. The third kappa shape index (κ3) is 3.41. The van der Waals surface area contributed by atoms with E-state index in [0.717, 1.165) is 0 Å². The molecule has 0 N–H and O–H groups in total. The molecule has 4 nitrogen and oxygen atoms in total. The summed E-state index contributed by atoms with van der Waals surface area (Å²) in [6.07, 6.45) is -0.867. The lowest BCUT2D eigenvalue weighted by Gasteiger charge is -2.10. The van der Waals surface area contributed by atoms with Crippen LogP contribution in [0.25, 0.3) is 0 Å². The maximum absolute atomic E-state index is 11.1. The molecule has 15 heavy (non-hydrogen) atoms. The number of ether oxygens (including phenoxy) is 2. The first-order chi connectivity index (χ1) is 7.27.